The number of hydrogen-bond donors (Lipinski definition) is 1. The Morgan fingerprint density at radius 2 is 1.84 bits per heavy atom. The van der Waals surface area contributed by atoms with Gasteiger partial charge in [-0.3, -0.25) is 19.3 Å². The van der Waals surface area contributed by atoms with Crippen molar-refractivity contribution >= 4 is 56.5 Å². The van der Waals surface area contributed by atoms with Crippen molar-refractivity contribution in [3.05, 3.63) is 62.0 Å². The van der Waals surface area contributed by atoms with E-state index in [1.165, 1.54) is 0 Å². The normalized spacial score (nSPS) is 15.0. The van der Waals surface area contributed by atoms with Crippen LogP contribution in [0.3, 0.4) is 0 Å². The minimum absolute atomic E-state index is 0.250. The van der Waals surface area contributed by atoms with Gasteiger partial charge in [0.15, 0.2) is 0 Å². The van der Waals surface area contributed by atoms with Gasteiger partial charge in [-0.25, -0.2) is 0 Å². The molecule has 0 saturated carbocycles. The van der Waals surface area contributed by atoms with Crippen molar-refractivity contribution in [2.75, 3.05) is 18.5 Å². The van der Waals surface area contributed by atoms with Crippen LogP contribution in [0.2, 0.25) is 0 Å². The van der Waals surface area contributed by atoms with Gasteiger partial charge in [-0.1, -0.05) is 33.6 Å². The van der Waals surface area contributed by atoms with Gasteiger partial charge in [0.2, 0.25) is 5.91 Å². The van der Waals surface area contributed by atoms with Crippen molar-refractivity contribution in [2.24, 2.45) is 0 Å². The number of imide groups is 1. The first-order chi connectivity index (χ1) is 14.7. The lowest BCUT2D eigenvalue weighted by Gasteiger charge is -2.16. The van der Waals surface area contributed by atoms with Gasteiger partial charge in [0, 0.05) is 15.7 Å². The van der Waals surface area contributed by atoms with Crippen LogP contribution in [-0.4, -0.2) is 35.1 Å². The van der Waals surface area contributed by atoms with Crippen LogP contribution in [0.5, 0.6) is 5.75 Å². The summed E-state index contributed by atoms with van der Waals surface area (Å²) in [5, 5.41) is 2.36. The molecule has 1 N–H and O–H groups in total. The molecule has 3 amide bonds. The van der Waals surface area contributed by atoms with Crippen molar-refractivity contribution in [3.8, 4) is 5.75 Å². The number of nitrogens with one attached hydrogen (secondary N) is 1. The molecule has 0 unspecified atom stereocenters. The van der Waals surface area contributed by atoms with Crippen molar-refractivity contribution < 1.29 is 19.1 Å². The molecule has 0 radical (unpaired) electrons. The Bertz CT molecular complexity index is 1070. The number of ether oxygens (including phenoxy) is 1. The number of nitrogens with zero attached hydrogens (tertiary/aromatic N) is 1. The number of carbonyl (C=O) groups is 3. The third-order valence-corrected chi connectivity index (χ3v) is 6.08. The van der Waals surface area contributed by atoms with E-state index in [2.05, 4.69) is 21.2 Å². The third-order valence-electron chi connectivity index (χ3n) is 4.68. The quantitative estimate of drug-likeness (QED) is 0.531. The summed E-state index contributed by atoms with van der Waals surface area (Å²) in [6.45, 7) is 7.81. The molecule has 3 rings (SSSR count). The van der Waals surface area contributed by atoms with E-state index in [0.717, 1.165) is 37.8 Å². The van der Waals surface area contributed by atoms with E-state index in [4.69, 9.17) is 4.74 Å². The monoisotopic (exact) mass is 502 g/mol. The summed E-state index contributed by atoms with van der Waals surface area (Å²) in [6.07, 6.45) is 1.62. The fourth-order valence-electron chi connectivity index (χ4n) is 3.40. The van der Waals surface area contributed by atoms with Gasteiger partial charge >= 0.3 is 0 Å². The minimum Gasteiger partial charge on any atom is -0.493 e. The number of aryl methyl sites for hydroxylation is 3. The largest absolute Gasteiger partial charge is 0.493 e. The Kier molecular flexibility index (Phi) is 7.23. The van der Waals surface area contributed by atoms with Gasteiger partial charge in [-0.15, -0.1) is 0 Å². The van der Waals surface area contributed by atoms with Gasteiger partial charge in [0.05, 0.1) is 11.5 Å². The molecule has 1 aliphatic heterocycles. The summed E-state index contributed by atoms with van der Waals surface area (Å²) < 4.78 is 6.43. The van der Waals surface area contributed by atoms with Crippen LogP contribution in [0.25, 0.3) is 6.08 Å². The fourth-order valence-corrected chi connectivity index (χ4v) is 4.60. The lowest BCUT2D eigenvalue weighted by Crippen LogP contribution is -2.36. The lowest BCUT2D eigenvalue weighted by molar-refractivity contribution is -0.127. The first kappa shape index (κ1) is 23.1. The second kappa shape index (κ2) is 9.70. The Morgan fingerprint density at radius 1 is 1.16 bits per heavy atom. The summed E-state index contributed by atoms with van der Waals surface area (Å²) in [7, 11) is 0. The topological polar surface area (TPSA) is 75.7 Å². The molecule has 0 spiro atoms. The molecule has 0 aliphatic carbocycles. The van der Waals surface area contributed by atoms with Crippen LogP contribution < -0.4 is 10.1 Å². The highest BCUT2D eigenvalue weighted by molar-refractivity contribution is 9.10. The number of benzene rings is 2. The molecule has 1 aliphatic rings. The smallest absolute Gasteiger partial charge is 0.294 e. The number of carbonyl (C=O) groups excluding carboxylic acids is 3. The zero-order valence-electron chi connectivity index (χ0n) is 17.7. The molecule has 0 aromatic heterocycles. The summed E-state index contributed by atoms with van der Waals surface area (Å²) in [6, 6.07) is 9.39. The SMILES string of the molecule is CCOc1ccc(Br)cc1/C=C1/SC(=O)N(CC(=O)Nc2c(C)cc(C)cc2C)C1=O. The van der Waals surface area contributed by atoms with Crippen LogP contribution in [-0.2, 0) is 9.59 Å². The Balaban J connectivity index is 1.77. The highest BCUT2D eigenvalue weighted by Crippen LogP contribution is 2.35. The Morgan fingerprint density at radius 3 is 2.48 bits per heavy atom. The Hall–Kier alpha value is -2.58. The van der Waals surface area contributed by atoms with Crippen LogP contribution in [0.1, 0.15) is 29.2 Å². The van der Waals surface area contributed by atoms with E-state index >= 15 is 0 Å². The number of hydrogen-bond acceptors (Lipinski definition) is 5. The summed E-state index contributed by atoms with van der Waals surface area (Å²) in [5.41, 5.74) is 4.34. The molecular formula is C23H23BrN2O4S. The zero-order chi connectivity index (χ0) is 22.7. The van der Waals surface area contributed by atoms with E-state index in [0.29, 0.717) is 23.6 Å². The zero-order valence-corrected chi connectivity index (χ0v) is 20.1. The number of anilines is 1. The lowest BCUT2D eigenvalue weighted by atomic mass is 10.1. The maximum absolute atomic E-state index is 12.8. The average molecular weight is 503 g/mol. The molecule has 6 nitrogen and oxygen atoms in total. The van der Waals surface area contributed by atoms with E-state index in [1.54, 1.807) is 12.1 Å². The van der Waals surface area contributed by atoms with Gasteiger partial charge < -0.3 is 10.1 Å². The van der Waals surface area contributed by atoms with E-state index in [9.17, 15) is 14.4 Å². The predicted molar refractivity (Wildman–Crippen MR) is 127 cm³/mol. The van der Waals surface area contributed by atoms with Gasteiger partial charge in [-0.2, -0.15) is 0 Å². The summed E-state index contributed by atoms with van der Waals surface area (Å²) in [4.78, 5) is 39.1. The Labute approximate surface area is 194 Å². The van der Waals surface area contributed by atoms with Gasteiger partial charge in [0.25, 0.3) is 11.1 Å². The fraction of sp³-hybridized carbons (Fsp3) is 0.261. The van der Waals surface area contributed by atoms with Crippen molar-refractivity contribution in [2.45, 2.75) is 27.7 Å². The van der Waals surface area contributed by atoms with E-state index in [1.807, 2.05) is 52.0 Å². The molecular weight excluding hydrogens is 480 g/mol. The molecule has 31 heavy (non-hydrogen) atoms. The van der Waals surface area contributed by atoms with Crippen LogP contribution in [0, 0.1) is 20.8 Å². The number of amides is 3. The minimum atomic E-state index is -0.495. The molecule has 2 aromatic carbocycles. The molecule has 1 saturated heterocycles. The van der Waals surface area contributed by atoms with E-state index in [-0.39, 0.29) is 11.4 Å². The maximum atomic E-state index is 12.8. The molecule has 0 bridgehead atoms. The number of halogens is 1. The van der Waals surface area contributed by atoms with Gasteiger partial charge in [-0.05, 0) is 74.9 Å². The van der Waals surface area contributed by atoms with Crippen molar-refractivity contribution in [1.82, 2.24) is 4.90 Å². The average Bonchev–Trinajstić information content (AvgIpc) is 2.94. The standard InChI is InChI=1S/C23H23BrN2O4S/c1-5-30-18-7-6-17(24)10-16(18)11-19-22(28)26(23(29)31-19)12-20(27)25-21-14(3)8-13(2)9-15(21)4/h6-11H,5,12H2,1-4H3,(H,25,27)/b19-11+. The van der Waals surface area contributed by atoms with Crippen molar-refractivity contribution in [1.29, 1.82) is 0 Å². The van der Waals surface area contributed by atoms with Crippen molar-refractivity contribution in [3.63, 3.8) is 0 Å². The van der Waals surface area contributed by atoms with Crippen LogP contribution >= 0.6 is 27.7 Å². The molecule has 8 heteroatoms. The van der Waals surface area contributed by atoms with E-state index < -0.39 is 17.1 Å². The first-order valence-corrected chi connectivity index (χ1v) is 11.4. The second-order valence-electron chi connectivity index (χ2n) is 7.20. The third kappa shape index (κ3) is 5.37. The van der Waals surface area contributed by atoms with Crippen LogP contribution in [0.4, 0.5) is 10.5 Å². The number of rotatable bonds is 6. The second-order valence-corrected chi connectivity index (χ2v) is 9.11. The maximum Gasteiger partial charge on any atom is 0.294 e. The molecule has 1 heterocycles. The summed E-state index contributed by atoms with van der Waals surface area (Å²) >= 11 is 4.22. The molecule has 0 atom stereocenters. The molecule has 162 valence electrons. The highest BCUT2D eigenvalue weighted by atomic mass is 79.9. The van der Waals surface area contributed by atoms with Crippen LogP contribution in [0.15, 0.2) is 39.7 Å². The first-order valence-electron chi connectivity index (χ1n) is 9.75. The molecule has 1 fully saturated rings. The predicted octanol–water partition coefficient (Wildman–Crippen LogP) is 5.45. The number of thioether (sulfide) groups is 1. The highest BCUT2D eigenvalue weighted by Gasteiger charge is 2.36. The molecule has 2 aromatic rings. The van der Waals surface area contributed by atoms with Gasteiger partial charge in [0.1, 0.15) is 12.3 Å². The summed E-state index contributed by atoms with van der Waals surface area (Å²) in [5.74, 6) is -0.304.